The number of halogens is 1. The van der Waals surface area contributed by atoms with Gasteiger partial charge in [-0.05, 0) is 31.0 Å². The lowest BCUT2D eigenvalue weighted by atomic mass is 10.0. The summed E-state index contributed by atoms with van der Waals surface area (Å²) in [5.41, 5.74) is 1.48. The molecule has 166 valence electrons. The molecule has 32 heavy (non-hydrogen) atoms. The number of thiophene rings is 1. The van der Waals surface area contributed by atoms with Gasteiger partial charge in [0.05, 0.1) is 11.7 Å². The Hall–Kier alpha value is -2.62. The Morgan fingerprint density at radius 3 is 2.53 bits per heavy atom. The SMILES string of the molecule is CCC(C(=O)Nc1nnc(C(C)C)s1)n1cnc2sc(C)c(-c3ccc(Cl)cc3)c2c1=O. The lowest BCUT2D eigenvalue weighted by Crippen LogP contribution is -2.33. The van der Waals surface area contributed by atoms with E-state index in [1.54, 1.807) is 12.1 Å². The second-order valence-electron chi connectivity index (χ2n) is 7.69. The van der Waals surface area contributed by atoms with Crippen molar-refractivity contribution in [1.29, 1.82) is 0 Å². The molecular formula is C22H22ClN5O2S2. The van der Waals surface area contributed by atoms with Gasteiger partial charge in [-0.15, -0.1) is 21.5 Å². The molecule has 0 bridgehead atoms. The average molecular weight is 488 g/mol. The summed E-state index contributed by atoms with van der Waals surface area (Å²) in [4.78, 5) is 32.7. The highest BCUT2D eigenvalue weighted by atomic mass is 35.5. The number of carbonyl (C=O) groups excluding carboxylic acids is 1. The molecule has 0 aliphatic heterocycles. The Bertz CT molecular complexity index is 1340. The van der Waals surface area contributed by atoms with E-state index in [1.165, 1.54) is 33.6 Å². The zero-order valence-corrected chi connectivity index (χ0v) is 20.4. The van der Waals surface area contributed by atoms with E-state index in [4.69, 9.17) is 11.6 Å². The second-order valence-corrected chi connectivity index (χ2v) is 10.3. The third-order valence-corrected chi connectivity index (χ3v) is 7.54. The van der Waals surface area contributed by atoms with Crippen LogP contribution in [0.2, 0.25) is 5.02 Å². The number of aryl methyl sites for hydroxylation is 1. The molecule has 7 nitrogen and oxygen atoms in total. The topological polar surface area (TPSA) is 89.8 Å². The van der Waals surface area contributed by atoms with Crippen molar-refractivity contribution in [3.8, 4) is 11.1 Å². The summed E-state index contributed by atoms with van der Waals surface area (Å²) in [6, 6.07) is 6.65. The van der Waals surface area contributed by atoms with Gasteiger partial charge in [0, 0.05) is 21.4 Å². The molecule has 0 saturated heterocycles. The molecule has 3 heterocycles. The molecular weight excluding hydrogens is 466 g/mol. The number of benzene rings is 1. The van der Waals surface area contributed by atoms with E-state index < -0.39 is 6.04 Å². The standard InChI is InChI=1S/C22H22ClN5O2S2/c1-5-15(18(29)25-22-27-26-19(32-22)11(2)3)28-10-24-20-17(21(28)30)16(12(4)31-20)13-6-8-14(23)9-7-13/h6-11,15H,5H2,1-4H3,(H,25,27,29). The molecule has 0 fully saturated rings. The molecule has 1 amide bonds. The monoisotopic (exact) mass is 487 g/mol. The second kappa shape index (κ2) is 9.09. The molecule has 4 aromatic rings. The number of carbonyl (C=O) groups is 1. The number of nitrogens with zero attached hydrogens (tertiary/aromatic N) is 4. The van der Waals surface area contributed by atoms with Crippen LogP contribution < -0.4 is 10.9 Å². The van der Waals surface area contributed by atoms with Gasteiger partial charge >= 0.3 is 0 Å². The normalized spacial score (nSPS) is 12.4. The minimum absolute atomic E-state index is 0.225. The predicted octanol–water partition coefficient (Wildman–Crippen LogP) is 5.65. The summed E-state index contributed by atoms with van der Waals surface area (Å²) >= 11 is 8.84. The number of aromatic nitrogens is 4. The summed E-state index contributed by atoms with van der Waals surface area (Å²) in [6.45, 7) is 7.86. The van der Waals surface area contributed by atoms with Crippen molar-refractivity contribution in [1.82, 2.24) is 19.7 Å². The molecule has 1 unspecified atom stereocenters. The summed E-state index contributed by atoms with van der Waals surface area (Å²) in [6.07, 6.45) is 1.88. The van der Waals surface area contributed by atoms with Gasteiger partial charge < -0.3 is 0 Å². The van der Waals surface area contributed by atoms with E-state index in [9.17, 15) is 9.59 Å². The van der Waals surface area contributed by atoms with Crippen LogP contribution in [0.3, 0.4) is 0 Å². The third kappa shape index (κ3) is 4.20. The van der Waals surface area contributed by atoms with Gasteiger partial charge in [-0.3, -0.25) is 19.5 Å². The lowest BCUT2D eigenvalue weighted by molar-refractivity contribution is -0.119. The Labute approximate surface area is 198 Å². The Morgan fingerprint density at radius 2 is 1.91 bits per heavy atom. The molecule has 0 radical (unpaired) electrons. The maximum absolute atomic E-state index is 13.6. The van der Waals surface area contributed by atoms with E-state index in [2.05, 4.69) is 20.5 Å². The zero-order valence-electron chi connectivity index (χ0n) is 18.0. The maximum atomic E-state index is 13.6. The van der Waals surface area contributed by atoms with Crippen molar-refractivity contribution in [2.45, 2.75) is 46.1 Å². The van der Waals surface area contributed by atoms with Gasteiger partial charge in [-0.2, -0.15) is 0 Å². The Morgan fingerprint density at radius 1 is 1.19 bits per heavy atom. The van der Waals surface area contributed by atoms with Crippen LogP contribution in [-0.4, -0.2) is 25.7 Å². The van der Waals surface area contributed by atoms with E-state index in [0.717, 1.165) is 21.0 Å². The fourth-order valence-corrected chi connectivity index (χ4v) is 5.40. The van der Waals surface area contributed by atoms with Gasteiger partial charge in [-0.1, -0.05) is 55.8 Å². The number of nitrogens with one attached hydrogen (secondary N) is 1. The van der Waals surface area contributed by atoms with Gasteiger partial charge in [0.2, 0.25) is 11.0 Å². The summed E-state index contributed by atoms with van der Waals surface area (Å²) in [7, 11) is 0. The van der Waals surface area contributed by atoms with Gasteiger partial charge in [0.25, 0.3) is 5.56 Å². The van der Waals surface area contributed by atoms with Crippen LogP contribution in [0.5, 0.6) is 0 Å². The number of hydrogen-bond acceptors (Lipinski definition) is 7. The van der Waals surface area contributed by atoms with Crippen LogP contribution in [-0.2, 0) is 4.79 Å². The van der Waals surface area contributed by atoms with Crippen LogP contribution in [0.25, 0.3) is 21.3 Å². The van der Waals surface area contributed by atoms with E-state index in [-0.39, 0.29) is 17.4 Å². The fraction of sp³-hybridized carbons (Fsp3) is 0.318. The number of rotatable bonds is 6. The van der Waals surface area contributed by atoms with Gasteiger partial charge in [-0.25, -0.2) is 4.98 Å². The van der Waals surface area contributed by atoms with Crippen LogP contribution in [0.1, 0.15) is 49.0 Å². The number of anilines is 1. The minimum Gasteiger partial charge on any atom is -0.299 e. The van der Waals surface area contributed by atoms with E-state index in [0.29, 0.717) is 26.8 Å². The average Bonchev–Trinajstić information content (AvgIpc) is 3.35. The molecule has 3 aromatic heterocycles. The van der Waals surface area contributed by atoms with Crippen LogP contribution >= 0.6 is 34.3 Å². The highest BCUT2D eigenvalue weighted by Gasteiger charge is 2.25. The van der Waals surface area contributed by atoms with Crippen molar-refractivity contribution >= 4 is 55.5 Å². The Kier molecular flexibility index (Phi) is 6.41. The first-order valence-electron chi connectivity index (χ1n) is 10.2. The molecule has 1 aromatic carbocycles. The molecule has 1 atom stereocenters. The molecule has 0 aliphatic rings. The van der Waals surface area contributed by atoms with Crippen molar-refractivity contribution in [3.63, 3.8) is 0 Å². The van der Waals surface area contributed by atoms with Crippen molar-refractivity contribution < 1.29 is 4.79 Å². The molecule has 0 spiro atoms. The first kappa shape index (κ1) is 22.6. The number of hydrogen-bond donors (Lipinski definition) is 1. The zero-order chi connectivity index (χ0) is 23.0. The van der Waals surface area contributed by atoms with Crippen molar-refractivity contribution in [2.75, 3.05) is 5.32 Å². The predicted molar refractivity (Wildman–Crippen MR) is 131 cm³/mol. The molecule has 0 aliphatic carbocycles. The van der Waals surface area contributed by atoms with E-state index in [1.807, 2.05) is 39.8 Å². The van der Waals surface area contributed by atoms with Crippen molar-refractivity contribution in [3.05, 3.63) is 55.9 Å². The van der Waals surface area contributed by atoms with E-state index >= 15 is 0 Å². The fourth-order valence-electron chi connectivity index (χ4n) is 3.52. The maximum Gasteiger partial charge on any atom is 0.263 e. The molecule has 4 rings (SSSR count). The van der Waals surface area contributed by atoms with Gasteiger partial charge in [0.15, 0.2) is 0 Å². The summed E-state index contributed by atoms with van der Waals surface area (Å²) in [5.74, 6) is -0.0929. The van der Waals surface area contributed by atoms with Crippen LogP contribution in [0.15, 0.2) is 35.4 Å². The first-order valence-corrected chi connectivity index (χ1v) is 12.2. The summed E-state index contributed by atoms with van der Waals surface area (Å²) < 4.78 is 1.41. The quantitative estimate of drug-likeness (QED) is 0.379. The third-order valence-electron chi connectivity index (χ3n) is 5.14. The van der Waals surface area contributed by atoms with Crippen LogP contribution in [0.4, 0.5) is 5.13 Å². The summed E-state index contributed by atoms with van der Waals surface area (Å²) in [5, 5.41) is 13.4. The molecule has 1 N–H and O–H groups in total. The molecule has 0 saturated carbocycles. The molecule has 10 heteroatoms. The lowest BCUT2D eigenvalue weighted by Gasteiger charge is -2.16. The number of fused-ring (bicyclic) bond motifs is 1. The highest BCUT2D eigenvalue weighted by Crippen LogP contribution is 2.36. The number of amides is 1. The first-order chi connectivity index (χ1) is 15.3. The smallest absolute Gasteiger partial charge is 0.263 e. The highest BCUT2D eigenvalue weighted by molar-refractivity contribution is 7.19. The van der Waals surface area contributed by atoms with Crippen LogP contribution in [0, 0.1) is 6.92 Å². The van der Waals surface area contributed by atoms with Crippen molar-refractivity contribution in [2.24, 2.45) is 0 Å². The Balaban J connectivity index is 1.74. The minimum atomic E-state index is -0.718. The van der Waals surface area contributed by atoms with Gasteiger partial charge in [0.1, 0.15) is 15.9 Å². The largest absolute Gasteiger partial charge is 0.299 e.